The normalized spacial score (nSPS) is 53.4. The van der Waals surface area contributed by atoms with E-state index in [1.165, 1.54) is 14.0 Å². The Morgan fingerprint density at radius 3 is 2.28 bits per heavy atom. The number of esters is 4. The first-order chi connectivity index (χ1) is 25.4. The molecule has 1 spiro atoms. The van der Waals surface area contributed by atoms with E-state index < -0.39 is 137 Å². The summed E-state index contributed by atoms with van der Waals surface area (Å²) in [5.41, 5.74) is -9.53. The molecule has 0 aromatic heterocycles. The fourth-order valence-electron chi connectivity index (χ4n) is 12.8. The Labute approximate surface area is 311 Å². The van der Waals surface area contributed by atoms with E-state index in [0.29, 0.717) is 6.61 Å². The first-order valence-electron chi connectivity index (χ1n) is 18.6. The van der Waals surface area contributed by atoms with Crippen LogP contribution >= 0.6 is 0 Å². The molecule has 0 aromatic rings. The van der Waals surface area contributed by atoms with E-state index >= 15 is 0 Å². The van der Waals surface area contributed by atoms with Gasteiger partial charge in [-0.25, -0.2) is 9.59 Å². The lowest BCUT2D eigenvalue weighted by atomic mass is 9.37. The first kappa shape index (κ1) is 38.1. The number of fused-ring (bicyclic) bond motifs is 7. The van der Waals surface area contributed by atoms with Crippen molar-refractivity contribution in [1.82, 2.24) is 0 Å². The lowest BCUT2D eigenvalue weighted by Crippen LogP contribution is -2.79. The molecule has 5 aliphatic heterocycles. The maximum Gasteiger partial charge on any atom is 0.366 e. The zero-order chi connectivity index (χ0) is 39.2. The van der Waals surface area contributed by atoms with Gasteiger partial charge in [-0.05, 0) is 34.1 Å². The SMILES string of the molecule is C/C=C(\C)C(=O)O[C@H]1C[C@@H](OC(C)=O)[C@@]2(C(=O)OC)CO[C@H]3[C@@H](O)[C@@](C)([C@]45O[C@@]4(C)[C@H]4C[C@@H]5O[C@@H]5O[C@H](OCC)C[C@@]54O)[C@H]4[C@]1(CO[C@]4(O)C(=O)OC)[C@@H]32. The predicted octanol–water partition coefficient (Wildman–Crippen LogP) is 0.0359. The van der Waals surface area contributed by atoms with Crippen LogP contribution in [0.25, 0.3) is 0 Å². The predicted molar refractivity (Wildman–Crippen MR) is 175 cm³/mol. The topological polar surface area (TPSA) is 225 Å². The van der Waals surface area contributed by atoms with Crippen molar-refractivity contribution in [2.24, 2.45) is 34.0 Å². The molecule has 0 aromatic carbocycles. The zero-order valence-corrected chi connectivity index (χ0v) is 31.7. The Morgan fingerprint density at radius 2 is 1.65 bits per heavy atom. The first-order valence-corrected chi connectivity index (χ1v) is 18.6. The number of methoxy groups -OCH3 is 2. The average molecular weight is 767 g/mol. The minimum Gasteiger partial charge on any atom is -0.468 e. The number of epoxide rings is 1. The van der Waals surface area contributed by atoms with Crippen molar-refractivity contribution >= 4 is 23.9 Å². The number of aliphatic hydroxyl groups excluding tert-OH is 1. The molecule has 0 unspecified atom stereocenters. The molecule has 5 heterocycles. The van der Waals surface area contributed by atoms with Crippen molar-refractivity contribution in [1.29, 1.82) is 0 Å². The van der Waals surface area contributed by atoms with Crippen LogP contribution < -0.4 is 0 Å². The number of allylic oxidation sites excluding steroid dienone is 1. The van der Waals surface area contributed by atoms with Crippen molar-refractivity contribution < 1.29 is 81.9 Å². The van der Waals surface area contributed by atoms with Gasteiger partial charge in [0.25, 0.3) is 5.79 Å². The summed E-state index contributed by atoms with van der Waals surface area (Å²) in [7, 11) is 2.24. The zero-order valence-electron chi connectivity index (χ0n) is 31.7. The Hall–Kier alpha value is -2.74. The highest BCUT2D eigenvalue weighted by molar-refractivity contribution is 5.88. The van der Waals surface area contributed by atoms with E-state index in [0.717, 1.165) is 7.11 Å². The minimum atomic E-state index is -2.84. The van der Waals surface area contributed by atoms with Gasteiger partial charge in [0.2, 0.25) is 0 Å². The molecule has 3 N–H and O–H groups in total. The fourth-order valence-corrected chi connectivity index (χ4v) is 12.8. The largest absolute Gasteiger partial charge is 0.468 e. The molecule has 2 bridgehead atoms. The maximum atomic E-state index is 14.2. The van der Waals surface area contributed by atoms with Crippen molar-refractivity contribution in [3.63, 3.8) is 0 Å². The summed E-state index contributed by atoms with van der Waals surface area (Å²) in [6, 6.07) is 0. The van der Waals surface area contributed by atoms with Gasteiger partial charge in [0.05, 0.1) is 45.7 Å². The fraction of sp³-hybridized carbons (Fsp3) is 0.838. The molecule has 17 nitrogen and oxygen atoms in total. The lowest BCUT2D eigenvalue weighted by Gasteiger charge is -2.65. The molecule has 5 saturated heterocycles. The maximum absolute atomic E-state index is 14.2. The monoisotopic (exact) mass is 766 g/mol. The molecule has 17 atom stereocenters. The molecule has 0 amide bonds. The summed E-state index contributed by atoms with van der Waals surface area (Å²) in [5.74, 6) is -9.82. The Bertz CT molecular complexity index is 1680. The summed E-state index contributed by atoms with van der Waals surface area (Å²) in [6.45, 7) is 9.05. The molecule has 54 heavy (non-hydrogen) atoms. The van der Waals surface area contributed by atoms with Gasteiger partial charge in [0.1, 0.15) is 34.4 Å². The second kappa shape index (κ2) is 11.9. The third-order valence-electron chi connectivity index (χ3n) is 14.8. The number of hydrogen-bond donors (Lipinski definition) is 3. The third-order valence-corrected chi connectivity index (χ3v) is 14.8. The van der Waals surface area contributed by atoms with Crippen LogP contribution in [0.1, 0.15) is 60.8 Å². The standard InChI is InChI=1S/C37H50O17/c1-9-16(3)26(40)51-19-12-20(50-17(4)38)34(28(41)45-7)14-48-23-24(34)33(19)15-49-36(44,29(42)46-8)27(33)31(5,25(23)39)37-21-11-18(32(37,6)54-37)35(43)13-22(47-10-2)53-30(35)52-21/h9,18-25,27,30,39,43-44H,10-15H2,1-8H3/b16-9+/t18-,19+,20-,21+,22+,23-,24-,25-,27+,30-,31-,32+,33+,34+,35+,36+,37+/m1/s1. The van der Waals surface area contributed by atoms with Gasteiger partial charge in [0, 0.05) is 60.5 Å². The van der Waals surface area contributed by atoms with Crippen molar-refractivity contribution in [2.75, 3.05) is 34.0 Å². The van der Waals surface area contributed by atoms with E-state index in [9.17, 15) is 34.5 Å². The van der Waals surface area contributed by atoms with Gasteiger partial charge >= 0.3 is 23.9 Å². The number of hydrogen-bond acceptors (Lipinski definition) is 17. The van der Waals surface area contributed by atoms with Crippen molar-refractivity contribution in [3.05, 3.63) is 11.6 Å². The van der Waals surface area contributed by atoms with E-state index in [2.05, 4.69) is 0 Å². The molecular formula is C37H50O17. The molecule has 3 saturated carbocycles. The van der Waals surface area contributed by atoms with Crippen LogP contribution in [0.5, 0.6) is 0 Å². The van der Waals surface area contributed by atoms with Gasteiger partial charge in [0.15, 0.2) is 12.6 Å². The number of carbonyl (C=O) groups is 4. The van der Waals surface area contributed by atoms with Crippen LogP contribution in [0.4, 0.5) is 0 Å². The van der Waals surface area contributed by atoms with Crippen molar-refractivity contribution in [3.8, 4) is 0 Å². The molecular weight excluding hydrogens is 716 g/mol. The van der Waals surface area contributed by atoms with Gasteiger partial charge in [-0.2, -0.15) is 0 Å². The van der Waals surface area contributed by atoms with Crippen LogP contribution in [0, 0.1) is 34.0 Å². The number of carbonyl (C=O) groups excluding carboxylic acids is 4. The summed E-state index contributed by atoms with van der Waals surface area (Å²) in [6.07, 6.45) is -6.74. The molecule has 8 fully saturated rings. The van der Waals surface area contributed by atoms with Crippen LogP contribution in [-0.4, -0.2) is 139 Å². The third kappa shape index (κ3) is 4.15. The summed E-state index contributed by atoms with van der Waals surface area (Å²) >= 11 is 0. The second-order valence-corrected chi connectivity index (χ2v) is 16.6. The molecule has 300 valence electrons. The lowest BCUT2D eigenvalue weighted by molar-refractivity contribution is -0.321. The van der Waals surface area contributed by atoms with E-state index in [1.54, 1.807) is 33.8 Å². The van der Waals surface area contributed by atoms with Crippen LogP contribution in [0.3, 0.4) is 0 Å². The van der Waals surface area contributed by atoms with E-state index in [4.69, 9.17) is 47.4 Å². The van der Waals surface area contributed by atoms with E-state index in [-0.39, 0.29) is 24.8 Å². The number of rotatable bonds is 8. The van der Waals surface area contributed by atoms with E-state index in [1.807, 2.05) is 6.92 Å². The van der Waals surface area contributed by atoms with Gasteiger partial charge in [-0.3, -0.25) is 9.59 Å². The molecule has 8 aliphatic rings. The molecule has 17 heteroatoms. The van der Waals surface area contributed by atoms with Crippen LogP contribution in [-0.2, 0) is 66.5 Å². The van der Waals surface area contributed by atoms with Gasteiger partial charge < -0.3 is 62.7 Å². The van der Waals surface area contributed by atoms with Crippen LogP contribution in [0.2, 0.25) is 0 Å². The molecule has 0 radical (unpaired) electrons. The number of ether oxygens (including phenoxy) is 10. The summed E-state index contributed by atoms with van der Waals surface area (Å²) < 4.78 is 60.5. The minimum absolute atomic E-state index is 0.0785. The quantitative estimate of drug-likeness (QED) is 0.128. The van der Waals surface area contributed by atoms with Gasteiger partial charge in [-0.15, -0.1) is 0 Å². The number of aliphatic hydroxyl groups is 3. The van der Waals surface area contributed by atoms with Crippen molar-refractivity contribution in [2.45, 2.75) is 126 Å². The average Bonchev–Trinajstić information content (AvgIpc) is 3.46. The highest BCUT2D eigenvalue weighted by Gasteiger charge is 2.97. The molecule has 8 rings (SSSR count). The Morgan fingerprint density at radius 1 is 0.944 bits per heavy atom. The van der Waals surface area contributed by atoms with Gasteiger partial charge in [-0.1, -0.05) is 13.0 Å². The highest BCUT2D eigenvalue weighted by atomic mass is 16.8. The summed E-state index contributed by atoms with van der Waals surface area (Å²) in [5, 5.41) is 38.0. The molecule has 3 aliphatic carbocycles. The Balaban J connectivity index is 1.36. The van der Waals surface area contributed by atoms with Crippen LogP contribution in [0.15, 0.2) is 11.6 Å². The highest BCUT2D eigenvalue weighted by Crippen LogP contribution is 2.83. The Kier molecular flexibility index (Phi) is 8.40. The summed E-state index contributed by atoms with van der Waals surface area (Å²) in [4.78, 5) is 54.7. The smallest absolute Gasteiger partial charge is 0.366 e. The second-order valence-electron chi connectivity index (χ2n) is 16.6.